The molecular formula is C29H34Li2Si. The second-order valence-electron chi connectivity index (χ2n) is 10.1. The number of hydrogen-bond acceptors (Lipinski definition) is 0. The standard InChI is InChI=1S/C29H34Si.2Li/c1-6-10-19(2)25-18-29(27-17-22-12-9-11-21(22)16-26(25)27)30(4,5)28-15-20(3)23-13-7-8-14-24(23)28;;/h7-8,13-19H,6,9-12H2,1-5H3;;/q-2;2*+1. The van der Waals surface area contributed by atoms with Crippen LogP contribution in [0.5, 0.6) is 0 Å². The Morgan fingerprint density at radius 2 is 1.66 bits per heavy atom. The van der Waals surface area contributed by atoms with E-state index in [4.69, 9.17) is 0 Å². The van der Waals surface area contributed by atoms with Crippen molar-refractivity contribution < 1.29 is 37.7 Å². The summed E-state index contributed by atoms with van der Waals surface area (Å²) in [6.45, 7) is 12.2. The van der Waals surface area contributed by atoms with Crippen LogP contribution in [0, 0.1) is 6.92 Å². The minimum Gasteiger partial charge on any atom is -0.148 e. The Hall–Kier alpha value is -0.928. The second-order valence-corrected chi connectivity index (χ2v) is 14.5. The van der Waals surface area contributed by atoms with Gasteiger partial charge in [-0.15, -0.1) is 91.9 Å². The van der Waals surface area contributed by atoms with Gasteiger partial charge in [0.25, 0.3) is 0 Å². The molecule has 32 heavy (non-hydrogen) atoms. The fourth-order valence-corrected chi connectivity index (χ4v) is 9.16. The minimum absolute atomic E-state index is 0. The SMILES string of the molecule is CCCC(C)c1cc([Si](C)(C)c2cc(C)[c-]3ccccc23)c2cc3c(c[c-]12)CCC3.[Li+].[Li+]. The van der Waals surface area contributed by atoms with Gasteiger partial charge < -0.3 is 0 Å². The summed E-state index contributed by atoms with van der Waals surface area (Å²) in [5.74, 6) is 0.633. The number of rotatable bonds is 5. The van der Waals surface area contributed by atoms with Crippen LogP contribution in [-0.4, -0.2) is 8.07 Å². The average Bonchev–Trinajstić information content (AvgIpc) is 3.42. The van der Waals surface area contributed by atoms with E-state index in [1.807, 2.05) is 0 Å². The van der Waals surface area contributed by atoms with Crippen LogP contribution < -0.4 is 48.1 Å². The Labute approximate surface area is 219 Å². The average molecular weight is 425 g/mol. The topological polar surface area (TPSA) is 0 Å². The molecule has 1 aliphatic carbocycles. The van der Waals surface area contributed by atoms with Gasteiger partial charge in [-0.25, -0.2) is 0 Å². The van der Waals surface area contributed by atoms with Gasteiger partial charge in [-0.3, -0.25) is 0 Å². The predicted octanol–water partition coefficient (Wildman–Crippen LogP) is 0.962. The van der Waals surface area contributed by atoms with Crippen LogP contribution in [0.2, 0.25) is 13.1 Å². The fraction of sp³-hybridized carbons (Fsp3) is 0.379. The monoisotopic (exact) mass is 424 g/mol. The first kappa shape index (κ1) is 25.7. The minimum atomic E-state index is -1.84. The summed E-state index contributed by atoms with van der Waals surface area (Å²) >= 11 is 0. The van der Waals surface area contributed by atoms with Gasteiger partial charge in [-0.2, -0.15) is 0 Å². The van der Waals surface area contributed by atoms with Crippen LogP contribution >= 0.6 is 0 Å². The maximum Gasteiger partial charge on any atom is 1.00 e. The molecule has 0 amide bonds. The molecule has 0 nitrogen and oxygen atoms in total. The zero-order valence-electron chi connectivity index (χ0n) is 21.2. The van der Waals surface area contributed by atoms with Gasteiger partial charge in [0.15, 0.2) is 0 Å². The predicted molar refractivity (Wildman–Crippen MR) is 136 cm³/mol. The zero-order chi connectivity index (χ0) is 21.0. The van der Waals surface area contributed by atoms with E-state index in [9.17, 15) is 0 Å². The van der Waals surface area contributed by atoms with E-state index in [1.54, 1.807) is 37.8 Å². The Bertz CT molecular complexity index is 1240. The second kappa shape index (κ2) is 9.74. The quantitative estimate of drug-likeness (QED) is 0.331. The van der Waals surface area contributed by atoms with Crippen molar-refractivity contribution >= 4 is 40.0 Å². The van der Waals surface area contributed by atoms with Crippen molar-refractivity contribution in [3.05, 3.63) is 70.8 Å². The molecule has 0 fully saturated rings. The summed E-state index contributed by atoms with van der Waals surface area (Å²) in [7, 11) is -1.84. The van der Waals surface area contributed by atoms with Gasteiger partial charge in [0.1, 0.15) is 0 Å². The molecule has 0 heterocycles. The van der Waals surface area contributed by atoms with Crippen molar-refractivity contribution in [1.82, 2.24) is 0 Å². The molecule has 1 aliphatic rings. The van der Waals surface area contributed by atoms with Crippen LogP contribution in [0.15, 0.2) is 48.5 Å². The smallest absolute Gasteiger partial charge is 0.148 e. The molecule has 4 aromatic carbocycles. The number of fused-ring (bicyclic) bond motifs is 3. The van der Waals surface area contributed by atoms with Crippen molar-refractivity contribution in [3.8, 4) is 0 Å². The molecule has 0 spiro atoms. The summed E-state index contributed by atoms with van der Waals surface area (Å²) < 4.78 is 0. The van der Waals surface area contributed by atoms with Crippen molar-refractivity contribution in [2.45, 2.75) is 71.9 Å². The number of benzene rings is 2. The number of hydrogen-bond donors (Lipinski definition) is 0. The molecule has 0 saturated carbocycles. The molecule has 0 N–H and O–H groups in total. The van der Waals surface area contributed by atoms with E-state index in [0.717, 1.165) is 0 Å². The van der Waals surface area contributed by atoms with Crippen molar-refractivity contribution in [2.75, 3.05) is 0 Å². The first-order chi connectivity index (χ1) is 14.4. The van der Waals surface area contributed by atoms with E-state index in [2.05, 4.69) is 82.4 Å². The Morgan fingerprint density at radius 3 is 2.41 bits per heavy atom. The molecule has 0 bridgehead atoms. The summed E-state index contributed by atoms with van der Waals surface area (Å²) in [5.41, 5.74) is 6.25. The third-order valence-corrected chi connectivity index (χ3v) is 11.3. The Kier molecular flexibility index (Phi) is 7.82. The molecule has 1 atom stereocenters. The molecule has 0 aromatic heterocycles. The molecule has 3 heteroatoms. The van der Waals surface area contributed by atoms with Crippen molar-refractivity contribution in [1.29, 1.82) is 0 Å². The molecule has 4 aromatic rings. The van der Waals surface area contributed by atoms with Gasteiger partial charge in [0.05, 0.1) is 0 Å². The fourth-order valence-electron chi connectivity index (χ4n) is 6.01. The molecular weight excluding hydrogens is 390 g/mol. The van der Waals surface area contributed by atoms with Crippen molar-refractivity contribution in [2.24, 2.45) is 0 Å². The third-order valence-electron chi connectivity index (χ3n) is 7.74. The normalized spacial score (nSPS) is 14.3. The molecule has 0 radical (unpaired) electrons. The first-order valence-corrected chi connectivity index (χ1v) is 14.8. The molecule has 156 valence electrons. The molecule has 5 rings (SSSR count). The van der Waals surface area contributed by atoms with Gasteiger partial charge in [-0.1, -0.05) is 63.9 Å². The van der Waals surface area contributed by atoms with E-state index in [1.165, 1.54) is 48.4 Å². The maximum atomic E-state index is 2.63. The van der Waals surface area contributed by atoms with E-state index >= 15 is 0 Å². The van der Waals surface area contributed by atoms with Crippen molar-refractivity contribution in [3.63, 3.8) is 0 Å². The van der Waals surface area contributed by atoms with E-state index < -0.39 is 8.07 Å². The molecule has 1 unspecified atom stereocenters. The summed E-state index contributed by atoms with van der Waals surface area (Å²) in [6, 6.07) is 19.3. The summed E-state index contributed by atoms with van der Waals surface area (Å²) in [6.07, 6.45) is 6.37. The van der Waals surface area contributed by atoms with Crippen LogP contribution in [-0.2, 0) is 12.8 Å². The zero-order valence-corrected chi connectivity index (χ0v) is 22.2. The van der Waals surface area contributed by atoms with Crippen LogP contribution in [0.1, 0.15) is 61.3 Å². The Balaban J connectivity index is 0.00000144. The summed E-state index contributed by atoms with van der Waals surface area (Å²) in [4.78, 5) is 0. The van der Waals surface area contributed by atoms with Crippen LogP contribution in [0.3, 0.4) is 0 Å². The van der Waals surface area contributed by atoms with E-state index in [0.29, 0.717) is 5.92 Å². The maximum absolute atomic E-state index is 2.63. The first-order valence-electron chi connectivity index (χ1n) is 11.8. The van der Waals surface area contributed by atoms with Gasteiger partial charge in [-0.05, 0) is 18.8 Å². The number of aryl methyl sites for hydroxylation is 3. The van der Waals surface area contributed by atoms with E-state index in [-0.39, 0.29) is 37.7 Å². The molecule has 0 aliphatic heterocycles. The molecule has 0 saturated heterocycles. The Morgan fingerprint density at radius 1 is 0.938 bits per heavy atom. The third kappa shape index (κ3) is 4.06. The largest absolute Gasteiger partial charge is 1.00 e. The van der Waals surface area contributed by atoms with Gasteiger partial charge in [0, 0.05) is 8.07 Å². The van der Waals surface area contributed by atoms with Crippen LogP contribution in [0.4, 0.5) is 0 Å². The van der Waals surface area contributed by atoms with Crippen LogP contribution in [0.25, 0.3) is 21.5 Å². The van der Waals surface area contributed by atoms with Gasteiger partial charge in [0.2, 0.25) is 0 Å². The summed E-state index contributed by atoms with van der Waals surface area (Å²) in [5, 5.41) is 9.29. The van der Waals surface area contributed by atoms with Gasteiger partial charge >= 0.3 is 37.7 Å².